The number of aryl methyl sites for hydroxylation is 1. The maximum atomic E-state index is 12.7. The maximum Gasteiger partial charge on any atom is 0.269 e. The fraction of sp³-hybridized carbons (Fsp3) is 0.111. The summed E-state index contributed by atoms with van der Waals surface area (Å²) in [6, 6.07) is 11.2. The number of nitrogens with zero attached hydrogens (tertiary/aromatic N) is 3. The summed E-state index contributed by atoms with van der Waals surface area (Å²) in [5.41, 5.74) is 2.25. The molecule has 0 fully saturated rings. The van der Waals surface area contributed by atoms with Gasteiger partial charge in [0.2, 0.25) is 0 Å². The van der Waals surface area contributed by atoms with E-state index in [1.807, 2.05) is 43.3 Å². The van der Waals surface area contributed by atoms with Gasteiger partial charge in [-0.05, 0) is 37.3 Å². The Morgan fingerprint density at radius 2 is 2.04 bits per heavy atom. The quantitative estimate of drug-likeness (QED) is 0.567. The standard InChI is InChI=1S/C18H14N4O2S2/c1-10-15(26-17(20-10)13-5-3-4-8-19-13)16(23)22-18-21-12-7-6-11(24-2)9-14(12)25-18/h3-9H,1-2H3,(H,21,22,23). The van der Waals surface area contributed by atoms with Crippen LogP contribution in [0.15, 0.2) is 42.6 Å². The van der Waals surface area contributed by atoms with Gasteiger partial charge in [-0.1, -0.05) is 17.4 Å². The average Bonchev–Trinajstić information content (AvgIpc) is 3.24. The number of fused-ring (bicyclic) bond motifs is 1. The van der Waals surface area contributed by atoms with Gasteiger partial charge in [0.15, 0.2) is 5.13 Å². The highest BCUT2D eigenvalue weighted by atomic mass is 32.1. The molecule has 0 saturated carbocycles. The number of thiazole rings is 2. The molecule has 4 rings (SSSR count). The predicted octanol–water partition coefficient (Wildman–Crippen LogP) is 4.38. The van der Waals surface area contributed by atoms with Crippen LogP contribution in [0.5, 0.6) is 5.75 Å². The third-order valence-corrected chi connectivity index (χ3v) is 5.82. The first kappa shape index (κ1) is 16.6. The number of rotatable bonds is 4. The summed E-state index contributed by atoms with van der Waals surface area (Å²) in [6.07, 6.45) is 1.71. The Bertz CT molecular complexity index is 1090. The average molecular weight is 382 g/mol. The second-order valence-corrected chi connectivity index (χ2v) is 7.49. The van der Waals surface area contributed by atoms with E-state index < -0.39 is 0 Å². The first-order valence-electron chi connectivity index (χ1n) is 7.79. The zero-order valence-corrected chi connectivity index (χ0v) is 15.6. The summed E-state index contributed by atoms with van der Waals surface area (Å²) < 4.78 is 6.18. The molecule has 1 amide bonds. The number of methoxy groups -OCH3 is 1. The third kappa shape index (κ3) is 3.16. The third-order valence-electron chi connectivity index (χ3n) is 3.70. The molecule has 4 aromatic rings. The van der Waals surface area contributed by atoms with Crippen LogP contribution in [0.3, 0.4) is 0 Å². The first-order valence-corrected chi connectivity index (χ1v) is 9.42. The molecule has 0 aliphatic heterocycles. The Hall–Kier alpha value is -2.84. The Kier molecular flexibility index (Phi) is 4.36. The van der Waals surface area contributed by atoms with Gasteiger partial charge in [-0.15, -0.1) is 11.3 Å². The van der Waals surface area contributed by atoms with E-state index in [2.05, 4.69) is 20.3 Å². The van der Waals surface area contributed by atoms with Crippen LogP contribution in [0.25, 0.3) is 20.9 Å². The van der Waals surface area contributed by atoms with E-state index in [-0.39, 0.29) is 5.91 Å². The van der Waals surface area contributed by atoms with E-state index in [4.69, 9.17) is 4.74 Å². The van der Waals surface area contributed by atoms with Crippen molar-refractivity contribution in [1.29, 1.82) is 0 Å². The Balaban J connectivity index is 1.59. The molecule has 0 unspecified atom stereocenters. The molecule has 1 N–H and O–H groups in total. The van der Waals surface area contributed by atoms with Crippen molar-refractivity contribution in [3.05, 3.63) is 53.2 Å². The van der Waals surface area contributed by atoms with Crippen molar-refractivity contribution in [1.82, 2.24) is 15.0 Å². The van der Waals surface area contributed by atoms with E-state index in [0.29, 0.717) is 15.7 Å². The smallest absolute Gasteiger partial charge is 0.269 e. The molecule has 3 heterocycles. The van der Waals surface area contributed by atoms with E-state index in [0.717, 1.165) is 26.7 Å². The molecule has 0 bridgehead atoms. The lowest BCUT2D eigenvalue weighted by Crippen LogP contribution is -2.11. The van der Waals surface area contributed by atoms with Crippen molar-refractivity contribution in [2.75, 3.05) is 12.4 Å². The van der Waals surface area contributed by atoms with Crippen molar-refractivity contribution in [2.45, 2.75) is 6.92 Å². The van der Waals surface area contributed by atoms with Gasteiger partial charge in [0.25, 0.3) is 5.91 Å². The molecule has 130 valence electrons. The summed E-state index contributed by atoms with van der Waals surface area (Å²) in [4.78, 5) is 26.4. The molecule has 0 radical (unpaired) electrons. The molecular weight excluding hydrogens is 368 g/mol. The van der Waals surface area contributed by atoms with Crippen LogP contribution < -0.4 is 10.1 Å². The largest absolute Gasteiger partial charge is 0.497 e. The SMILES string of the molecule is COc1ccc2nc(NC(=O)c3sc(-c4ccccn4)nc3C)sc2c1. The minimum atomic E-state index is -0.215. The Morgan fingerprint density at radius 3 is 2.81 bits per heavy atom. The molecule has 0 aliphatic rings. The van der Waals surface area contributed by atoms with Crippen molar-refractivity contribution in [2.24, 2.45) is 0 Å². The summed E-state index contributed by atoms with van der Waals surface area (Å²) in [5, 5.41) is 4.14. The first-order chi connectivity index (χ1) is 12.6. The van der Waals surface area contributed by atoms with Gasteiger partial charge in [0.05, 0.1) is 28.7 Å². The van der Waals surface area contributed by atoms with Crippen LogP contribution in [0.2, 0.25) is 0 Å². The van der Waals surface area contributed by atoms with E-state index in [9.17, 15) is 4.79 Å². The number of pyridine rings is 1. The number of nitrogens with one attached hydrogen (secondary N) is 1. The van der Waals surface area contributed by atoms with Gasteiger partial charge in [-0.2, -0.15) is 0 Å². The molecule has 6 nitrogen and oxygen atoms in total. The summed E-state index contributed by atoms with van der Waals surface area (Å²) >= 11 is 2.73. The predicted molar refractivity (Wildman–Crippen MR) is 104 cm³/mol. The fourth-order valence-corrected chi connectivity index (χ4v) is 4.27. The van der Waals surface area contributed by atoms with E-state index >= 15 is 0 Å². The number of ether oxygens (including phenoxy) is 1. The van der Waals surface area contributed by atoms with Crippen LogP contribution in [-0.4, -0.2) is 28.0 Å². The number of hydrogen-bond acceptors (Lipinski definition) is 7. The molecule has 1 aromatic carbocycles. The number of carbonyl (C=O) groups excluding carboxylic acids is 1. The molecule has 26 heavy (non-hydrogen) atoms. The Labute approximate surface area is 157 Å². The van der Waals surface area contributed by atoms with Crippen LogP contribution >= 0.6 is 22.7 Å². The van der Waals surface area contributed by atoms with Crippen molar-refractivity contribution < 1.29 is 9.53 Å². The number of hydrogen-bond donors (Lipinski definition) is 1. The number of aromatic nitrogens is 3. The highest BCUT2D eigenvalue weighted by Gasteiger charge is 2.18. The van der Waals surface area contributed by atoms with Crippen molar-refractivity contribution in [3.8, 4) is 16.5 Å². The molecule has 3 aromatic heterocycles. The molecule has 0 saturated heterocycles. The minimum Gasteiger partial charge on any atom is -0.497 e. The zero-order chi connectivity index (χ0) is 18.1. The highest BCUT2D eigenvalue weighted by Crippen LogP contribution is 2.31. The minimum absolute atomic E-state index is 0.215. The number of benzene rings is 1. The second-order valence-electron chi connectivity index (χ2n) is 5.46. The lowest BCUT2D eigenvalue weighted by Gasteiger charge is -1.98. The topological polar surface area (TPSA) is 77.0 Å². The molecule has 8 heteroatoms. The van der Waals surface area contributed by atoms with Crippen LogP contribution in [-0.2, 0) is 0 Å². The molecule has 0 atom stereocenters. The number of anilines is 1. The zero-order valence-electron chi connectivity index (χ0n) is 14.0. The van der Waals surface area contributed by atoms with Gasteiger partial charge in [0.1, 0.15) is 15.6 Å². The van der Waals surface area contributed by atoms with Crippen molar-refractivity contribution >= 4 is 43.9 Å². The lowest BCUT2D eigenvalue weighted by atomic mass is 10.3. The number of amides is 1. The highest BCUT2D eigenvalue weighted by molar-refractivity contribution is 7.22. The van der Waals surface area contributed by atoms with Crippen LogP contribution in [0.1, 0.15) is 15.4 Å². The van der Waals surface area contributed by atoms with Crippen LogP contribution in [0.4, 0.5) is 5.13 Å². The number of carbonyl (C=O) groups is 1. The Morgan fingerprint density at radius 1 is 1.15 bits per heavy atom. The monoisotopic (exact) mass is 382 g/mol. The van der Waals surface area contributed by atoms with Gasteiger partial charge in [-0.3, -0.25) is 15.1 Å². The van der Waals surface area contributed by atoms with E-state index in [1.165, 1.54) is 22.7 Å². The lowest BCUT2D eigenvalue weighted by molar-refractivity contribution is 0.103. The molecule has 0 aliphatic carbocycles. The van der Waals surface area contributed by atoms with Crippen molar-refractivity contribution in [3.63, 3.8) is 0 Å². The summed E-state index contributed by atoms with van der Waals surface area (Å²) in [7, 11) is 1.62. The van der Waals surface area contributed by atoms with Gasteiger partial charge >= 0.3 is 0 Å². The summed E-state index contributed by atoms with van der Waals surface area (Å²) in [6.45, 7) is 1.82. The van der Waals surface area contributed by atoms with Crippen LogP contribution in [0, 0.1) is 6.92 Å². The van der Waals surface area contributed by atoms with Gasteiger partial charge in [-0.25, -0.2) is 9.97 Å². The molecule has 0 spiro atoms. The summed E-state index contributed by atoms with van der Waals surface area (Å²) in [5.74, 6) is 0.547. The fourth-order valence-electron chi connectivity index (χ4n) is 2.45. The van der Waals surface area contributed by atoms with Gasteiger partial charge in [0, 0.05) is 6.20 Å². The molecular formula is C18H14N4O2S2. The normalized spacial score (nSPS) is 10.8. The van der Waals surface area contributed by atoms with Gasteiger partial charge < -0.3 is 4.74 Å². The second kappa shape index (κ2) is 6.81. The van der Waals surface area contributed by atoms with E-state index in [1.54, 1.807) is 13.3 Å². The maximum absolute atomic E-state index is 12.7.